The minimum Gasteiger partial charge on any atom is -0.379 e. The van der Waals surface area contributed by atoms with Crippen molar-refractivity contribution in [1.82, 2.24) is 4.90 Å². The average molecular weight is 313 g/mol. The summed E-state index contributed by atoms with van der Waals surface area (Å²) in [5.74, 6) is 0. The monoisotopic (exact) mass is 313 g/mol. The minimum absolute atomic E-state index is 0.236. The molecular formula is C19H24NOP. The molecule has 22 heavy (non-hydrogen) atoms. The van der Waals surface area contributed by atoms with E-state index in [1.54, 1.807) is 0 Å². The van der Waals surface area contributed by atoms with Gasteiger partial charge in [0.25, 0.3) is 0 Å². The molecule has 116 valence electrons. The van der Waals surface area contributed by atoms with Crippen molar-refractivity contribution in [2.24, 2.45) is 0 Å². The highest BCUT2D eigenvalue weighted by Crippen LogP contribution is 2.34. The van der Waals surface area contributed by atoms with E-state index >= 15 is 0 Å². The zero-order valence-corrected chi connectivity index (χ0v) is 13.9. The van der Waals surface area contributed by atoms with E-state index in [0.717, 1.165) is 26.3 Å². The molecule has 0 bridgehead atoms. The fourth-order valence-corrected chi connectivity index (χ4v) is 5.24. The van der Waals surface area contributed by atoms with Crippen LogP contribution in [-0.2, 0) is 4.74 Å². The highest BCUT2D eigenvalue weighted by atomic mass is 31.1. The van der Waals surface area contributed by atoms with E-state index in [2.05, 4.69) is 65.6 Å². The Morgan fingerprint density at radius 1 is 0.818 bits per heavy atom. The van der Waals surface area contributed by atoms with Gasteiger partial charge in [-0.15, -0.1) is 0 Å². The quantitative estimate of drug-likeness (QED) is 0.761. The third kappa shape index (κ3) is 4.39. The fraction of sp³-hybridized carbons (Fsp3) is 0.368. The molecule has 0 amide bonds. The molecule has 2 aromatic carbocycles. The topological polar surface area (TPSA) is 12.5 Å². The van der Waals surface area contributed by atoms with Gasteiger partial charge in [-0.3, -0.25) is 4.90 Å². The number of ether oxygens (including phenoxy) is 1. The number of rotatable bonds is 6. The Hall–Kier alpha value is -1.21. The van der Waals surface area contributed by atoms with Crippen molar-refractivity contribution in [2.75, 3.05) is 39.0 Å². The summed E-state index contributed by atoms with van der Waals surface area (Å²) in [6.07, 6.45) is 2.52. The Labute approximate surface area is 134 Å². The Morgan fingerprint density at radius 2 is 1.36 bits per heavy atom. The van der Waals surface area contributed by atoms with Crippen LogP contribution >= 0.6 is 7.92 Å². The summed E-state index contributed by atoms with van der Waals surface area (Å²) < 4.78 is 5.43. The van der Waals surface area contributed by atoms with Gasteiger partial charge in [0.05, 0.1) is 13.2 Å². The lowest BCUT2D eigenvalue weighted by molar-refractivity contribution is 0.0381. The standard InChI is InChI=1S/C19H24NOP/c1-3-8-18(9-4-1)22(19-10-5-2-6-11-19)17-7-12-20-13-15-21-16-14-20/h1-6,8-11H,7,12-17H2. The first kappa shape index (κ1) is 15.7. The molecule has 0 aromatic heterocycles. The Morgan fingerprint density at radius 3 is 1.91 bits per heavy atom. The maximum absolute atomic E-state index is 5.43. The van der Waals surface area contributed by atoms with Crippen molar-refractivity contribution in [2.45, 2.75) is 6.42 Å². The van der Waals surface area contributed by atoms with Gasteiger partial charge in [0.2, 0.25) is 0 Å². The molecule has 0 radical (unpaired) electrons. The predicted molar refractivity (Wildman–Crippen MR) is 95.8 cm³/mol. The second kappa shape index (κ2) is 8.43. The summed E-state index contributed by atoms with van der Waals surface area (Å²) in [4.78, 5) is 2.53. The van der Waals surface area contributed by atoms with Gasteiger partial charge in [-0.1, -0.05) is 60.7 Å². The highest BCUT2D eigenvalue weighted by Gasteiger charge is 2.15. The lowest BCUT2D eigenvalue weighted by Gasteiger charge is -2.27. The molecule has 1 aliphatic heterocycles. The van der Waals surface area contributed by atoms with Crippen LogP contribution in [0, 0.1) is 0 Å². The van der Waals surface area contributed by atoms with Gasteiger partial charge < -0.3 is 4.74 Å². The molecule has 2 nitrogen and oxygen atoms in total. The zero-order valence-electron chi connectivity index (χ0n) is 13.0. The van der Waals surface area contributed by atoms with Gasteiger partial charge in [-0.2, -0.15) is 0 Å². The summed E-state index contributed by atoms with van der Waals surface area (Å²) in [6, 6.07) is 22.0. The van der Waals surface area contributed by atoms with Gasteiger partial charge >= 0.3 is 0 Å². The van der Waals surface area contributed by atoms with Gasteiger partial charge in [-0.05, 0) is 37.7 Å². The summed E-state index contributed by atoms with van der Waals surface area (Å²) in [7, 11) is -0.236. The van der Waals surface area contributed by atoms with Crippen LogP contribution in [0.15, 0.2) is 60.7 Å². The van der Waals surface area contributed by atoms with Crippen LogP contribution in [0.2, 0.25) is 0 Å². The van der Waals surface area contributed by atoms with Crippen molar-refractivity contribution in [3.8, 4) is 0 Å². The van der Waals surface area contributed by atoms with Crippen molar-refractivity contribution in [3.63, 3.8) is 0 Å². The molecule has 2 aromatic rings. The molecule has 1 heterocycles. The largest absolute Gasteiger partial charge is 0.379 e. The van der Waals surface area contributed by atoms with E-state index < -0.39 is 0 Å². The predicted octanol–water partition coefficient (Wildman–Crippen LogP) is 2.84. The first-order valence-corrected chi connectivity index (χ1v) is 9.64. The Balaban J connectivity index is 1.64. The third-order valence-corrected chi connectivity index (χ3v) is 6.70. The van der Waals surface area contributed by atoms with E-state index in [1.807, 2.05) is 0 Å². The van der Waals surface area contributed by atoms with Crippen LogP contribution in [0.3, 0.4) is 0 Å². The zero-order chi connectivity index (χ0) is 15.0. The van der Waals surface area contributed by atoms with Crippen LogP contribution in [0.1, 0.15) is 6.42 Å². The maximum Gasteiger partial charge on any atom is 0.0594 e. The SMILES string of the molecule is c1ccc(P(CCCN2CCOCC2)c2ccccc2)cc1. The van der Waals surface area contributed by atoms with Crippen LogP contribution in [0.4, 0.5) is 0 Å². The van der Waals surface area contributed by atoms with E-state index in [0.29, 0.717) is 0 Å². The molecule has 0 N–H and O–H groups in total. The third-order valence-electron chi connectivity index (χ3n) is 4.10. The fourth-order valence-electron chi connectivity index (χ4n) is 2.90. The number of hydrogen-bond acceptors (Lipinski definition) is 2. The summed E-state index contributed by atoms with van der Waals surface area (Å²) in [6.45, 7) is 5.17. The first-order chi connectivity index (χ1) is 10.9. The molecule has 3 heteroatoms. The summed E-state index contributed by atoms with van der Waals surface area (Å²) in [5, 5.41) is 2.98. The molecule has 1 aliphatic rings. The molecule has 0 aliphatic carbocycles. The van der Waals surface area contributed by atoms with Crippen LogP contribution in [0.25, 0.3) is 0 Å². The molecule has 0 saturated carbocycles. The number of benzene rings is 2. The lowest BCUT2D eigenvalue weighted by Crippen LogP contribution is -2.37. The van der Waals surface area contributed by atoms with Crippen molar-refractivity contribution < 1.29 is 4.74 Å². The second-order valence-electron chi connectivity index (χ2n) is 5.63. The van der Waals surface area contributed by atoms with Gasteiger partial charge in [0.15, 0.2) is 0 Å². The van der Waals surface area contributed by atoms with Crippen molar-refractivity contribution in [3.05, 3.63) is 60.7 Å². The summed E-state index contributed by atoms with van der Waals surface area (Å²) in [5.41, 5.74) is 0. The molecule has 0 spiro atoms. The molecule has 0 unspecified atom stereocenters. The number of nitrogens with zero attached hydrogens (tertiary/aromatic N) is 1. The van der Waals surface area contributed by atoms with Gasteiger partial charge in [0.1, 0.15) is 0 Å². The molecule has 1 fully saturated rings. The number of hydrogen-bond donors (Lipinski definition) is 0. The molecule has 1 saturated heterocycles. The van der Waals surface area contributed by atoms with E-state index in [9.17, 15) is 0 Å². The van der Waals surface area contributed by atoms with Crippen LogP contribution in [-0.4, -0.2) is 43.9 Å². The van der Waals surface area contributed by atoms with Crippen LogP contribution < -0.4 is 10.6 Å². The molecule has 0 atom stereocenters. The van der Waals surface area contributed by atoms with E-state index in [-0.39, 0.29) is 7.92 Å². The average Bonchev–Trinajstić information content (AvgIpc) is 2.61. The first-order valence-electron chi connectivity index (χ1n) is 8.11. The van der Waals surface area contributed by atoms with E-state index in [4.69, 9.17) is 4.74 Å². The Bertz CT molecular complexity index is 500. The smallest absolute Gasteiger partial charge is 0.0594 e. The van der Waals surface area contributed by atoms with Gasteiger partial charge in [-0.25, -0.2) is 0 Å². The number of morpholine rings is 1. The lowest BCUT2D eigenvalue weighted by atomic mass is 10.3. The normalized spacial score (nSPS) is 16.0. The van der Waals surface area contributed by atoms with Crippen molar-refractivity contribution in [1.29, 1.82) is 0 Å². The molecule has 3 rings (SSSR count). The van der Waals surface area contributed by atoms with E-state index in [1.165, 1.54) is 29.7 Å². The van der Waals surface area contributed by atoms with Gasteiger partial charge in [0, 0.05) is 13.1 Å². The highest BCUT2D eigenvalue weighted by molar-refractivity contribution is 7.73. The van der Waals surface area contributed by atoms with Crippen molar-refractivity contribution >= 4 is 18.5 Å². The summed E-state index contributed by atoms with van der Waals surface area (Å²) >= 11 is 0. The minimum atomic E-state index is -0.236. The second-order valence-corrected chi connectivity index (χ2v) is 7.97. The molecular weight excluding hydrogens is 289 g/mol. The Kier molecular flexibility index (Phi) is 6.01. The van der Waals surface area contributed by atoms with Crippen LogP contribution in [0.5, 0.6) is 0 Å². The maximum atomic E-state index is 5.43.